The highest BCUT2D eigenvalue weighted by Crippen LogP contribution is 2.40. The Balaban J connectivity index is 2.18. The molecule has 3 rings (SSSR count). The Morgan fingerprint density at radius 1 is 1.09 bits per heavy atom. The highest BCUT2D eigenvalue weighted by Gasteiger charge is 2.36. The van der Waals surface area contributed by atoms with E-state index in [9.17, 15) is 28.1 Å². The smallest absolute Gasteiger partial charge is 0.258 e. The quantitative estimate of drug-likeness (QED) is 0.257. The lowest BCUT2D eigenvalue weighted by Gasteiger charge is -2.18. The molecule has 3 aromatic rings. The van der Waals surface area contributed by atoms with Crippen molar-refractivity contribution in [2.45, 2.75) is 75.5 Å². The van der Waals surface area contributed by atoms with Crippen molar-refractivity contribution in [3.05, 3.63) is 73.2 Å². The van der Waals surface area contributed by atoms with Crippen molar-refractivity contribution in [1.29, 1.82) is 0 Å². The fraction of sp³-hybridized carbons (Fsp3) is 0.417. The van der Waals surface area contributed by atoms with Crippen molar-refractivity contribution in [3.63, 3.8) is 0 Å². The summed E-state index contributed by atoms with van der Waals surface area (Å²) in [6, 6.07) is 7.24. The Labute approximate surface area is 204 Å². The molecular weight excluding hydrogens is 481 g/mol. The van der Waals surface area contributed by atoms with Crippen molar-refractivity contribution in [1.82, 2.24) is 14.8 Å². The number of alkyl halides is 3. The van der Waals surface area contributed by atoms with Gasteiger partial charge in [-0.1, -0.05) is 33.8 Å². The molecule has 188 valence electrons. The van der Waals surface area contributed by atoms with Gasteiger partial charge in [0.1, 0.15) is 0 Å². The number of H-pyrrole nitrogens is 1. The van der Waals surface area contributed by atoms with Gasteiger partial charge in [-0.05, 0) is 78.3 Å². The molecule has 7 nitrogen and oxygen atoms in total. The summed E-state index contributed by atoms with van der Waals surface area (Å²) >= 11 is 0.775. The number of aromatic nitrogens is 3. The molecule has 1 aromatic heterocycles. The molecule has 0 saturated carbocycles. The number of nitrogens with one attached hydrogen (secondary N) is 1. The Morgan fingerprint density at radius 3 is 2.26 bits per heavy atom. The minimum absolute atomic E-state index is 0.120. The number of nitro groups is 1. The molecule has 0 aliphatic heterocycles. The van der Waals surface area contributed by atoms with E-state index in [1.807, 2.05) is 20.8 Å². The van der Waals surface area contributed by atoms with Crippen LogP contribution in [-0.4, -0.2) is 19.7 Å². The molecule has 0 radical (unpaired) electrons. The van der Waals surface area contributed by atoms with E-state index in [0.29, 0.717) is 24.0 Å². The van der Waals surface area contributed by atoms with Gasteiger partial charge >= 0.3 is 11.9 Å². The summed E-state index contributed by atoms with van der Waals surface area (Å²) in [5.41, 5.74) is -0.331. The lowest BCUT2D eigenvalue weighted by atomic mass is 9.94. The minimum atomic E-state index is -4.72. The molecule has 0 aliphatic rings. The molecule has 1 N–H and O–H groups in total. The van der Waals surface area contributed by atoms with Gasteiger partial charge in [-0.15, -0.1) is 5.10 Å². The van der Waals surface area contributed by atoms with Crippen LogP contribution in [0, 0.1) is 10.1 Å². The molecule has 0 saturated heterocycles. The number of aryl methyl sites for hydroxylation is 2. The topological polar surface area (TPSA) is 93.8 Å². The third-order valence-corrected chi connectivity index (χ3v) is 7.13. The first-order valence-corrected chi connectivity index (χ1v) is 12.2. The van der Waals surface area contributed by atoms with E-state index in [1.165, 1.54) is 12.1 Å². The van der Waals surface area contributed by atoms with E-state index in [4.69, 9.17) is 0 Å². The van der Waals surface area contributed by atoms with Gasteiger partial charge in [0, 0.05) is 6.07 Å². The van der Waals surface area contributed by atoms with Crippen LogP contribution in [0.2, 0.25) is 0 Å². The summed E-state index contributed by atoms with van der Waals surface area (Å²) < 4.78 is 42.8. The molecule has 1 heterocycles. The van der Waals surface area contributed by atoms with Crippen LogP contribution < -0.4 is 5.69 Å². The Kier molecular flexibility index (Phi) is 8.09. The maximum Gasteiger partial charge on any atom is 0.418 e. The number of nitrogens with zero attached hydrogens (tertiary/aromatic N) is 3. The lowest BCUT2D eigenvalue weighted by molar-refractivity contribution is -0.387. The van der Waals surface area contributed by atoms with Crippen LogP contribution in [-0.2, 0) is 19.0 Å². The molecule has 0 bridgehead atoms. The lowest BCUT2D eigenvalue weighted by Crippen LogP contribution is -2.21. The molecule has 0 fully saturated rings. The SMILES string of the molecule is CCc1cc(-n2c(Sc3ccc(C(CC)CC)cc3[N+](=O)[O-])n[nH]c2=O)c(C(F)(F)F)cc1CC. The number of halogens is 3. The van der Waals surface area contributed by atoms with Crippen LogP contribution in [0.4, 0.5) is 18.9 Å². The number of hydrogen-bond acceptors (Lipinski definition) is 5. The van der Waals surface area contributed by atoms with Crippen LogP contribution in [0.3, 0.4) is 0 Å². The highest BCUT2D eigenvalue weighted by molar-refractivity contribution is 7.99. The fourth-order valence-corrected chi connectivity index (χ4v) is 5.12. The molecule has 11 heteroatoms. The number of aromatic amines is 1. The summed E-state index contributed by atoms with van der Waals surface area (Å²) in [4.78, 5) is 24.1. The Morgan fingerprint density at radius 2 is 1.71 bits per heavy atom. The van der Waals surface area contributed by atoms with Gasteiger partial charge in [-0.3, -0.25) is 10.1 Å². The van der Waals surface area contributed by atoms with Crippen molar-refractivity contribution < 1.29 is 18.1 Å². The molecule has 35 heavy (non-hydrogen) atoms. The summed E-state index contributed by atoms with van der Waals surface area (Å²) in [6.45, 7) is 7.59. The number of rotatable bonds is 9. The highest BCUT2D eigenvalue weighted by atomic mass is 32.2. The first kappa shape index (κ1) is 26.5. The van der Waals surface area contributed by atoms with Crippen LogP contribution in [0.1, 0.15) is 68.7 Å². The minimum Gasteiger partial charge on any atom is -0.258 e. The molecular formula is C24H27F3N4O3S. The maximum atomic E-state index is 14.0. The summed E-state index contributed by atoms with van der Waals surface area (Å²) in [5.74, 6) is 0.148. The van der Waals surface area contributed by atoms with Gasteiger partial charge in [0.05, 0.1) is 21.1 Å². The van der Waals surface area contributed by atoms with Crippen molar-refractivity contribution in [2.75, 3.05) is 0 Å². The van der Waals surface area contributed by atoms with Crippen LogP contribution in [0.15, 0.2) is 45.2 Å². The third kappa shape index (κ3) is 5.44. The summed E-state index contributed by atoms with van der Waals surface area (Å²) in [5, 5.41) is 17.8. The molecule has 2 aromatic carbocycles. The largest absolute Gasteiger partial charge is 0.418 e. The molecule has 0 unspecified atom stereocenters. The van der Waals surface area contributed by atoms with Gasteiger partial charge in [-0.2, -0.15) is 13.2 Å². The first-order valence-electron chi connectivity index (χ1n) is 11.4. The van der Waals surface area contributed by atoms with Gasteiger partial charge in [0.25, 0.3) is 5.69 Å². The van der Waals surface area contributed by atoms with Crippen molar-refractivity contribution >= 4 is 17.4 Å². The summed E-state index contributed by atoms with van der Waals surface area (Å²) in [7, 11) is 0. The average Bonchev–Trinajstić information content (AvgIpc) is 3.18. The second-order valence-electron chi connectivity index (χ2n) is 8.09. The average molecular weight is 509 g/mol. The second kappa shape index (κ2) is 10.7. The van der Waals surface area contributed by atoms with Crippen LogP contribution >= 0.6 is 11.8 Å². The molecule has 0 spiro atoms. The Hall–Kier alpha value is -3.08. The van der Waals surface area contributed by atoms with Gasteiger partial charge < -0.3 is 0 Å². The normalized spacial score (nSPS) is 11.9. The molecule has 0 aliphatic carbocycles. The second-order valence-corrected chi connectivity index (χ2v) is 9.10. The van der Waals surface area contributed by atoms with Gasteiger partial charge in [-0.25, -0.2) is 14.5 Å². The summed E-state index contributed by atoms with van der Waals surface area (Å²) in [6.07, 6.45) is -2.21. The first-order chi connectivity index (χ1) is 16.5. The van der Waals surface area contributed by atoms with Gasteiger partial charge in [0.15, 0.2) is 0 Å². The number of hydrogen-bond donors (Lipinski definition) is 1. The van der Waals surface area contributed by atoms with Crippen molar-refractivity contribution in [2.24, 2.45) is 0 Å². The van der Waals surface area contributed by atoms with Crippen LogP contribution in [0.5, 0.6) is 0 Å². The van der Waals surface area contributed by atoms with E-state index >= 15 is 0 Å². The monoisotopic (exact) mass is 508 g/mol. The zero-order chi connectivity index (χ0) is 25.9. The van der Waals surface area contributed by atoms with E-state index in [1.54, 1.807) is 19.1 Å². The van der Waals surface area contributed by atoms with E-state index in [-0.39, 0.29) is 27.3 Å². The van der Waals surface area contributed by atoms with E-state index in [2.05, 4.69) is 10.2 Å². The standard InChI is InChI=1S/C24H27F3N4O3S/c1-5-14(6-2)17-9-10-21(20(13-17)31(33)34)35-23-29-28-22(32)30(23)19-12-16(8-4)15(7-3)11-18(19)24(25,26)27/h9-14H,5-8H2,1-4H3,(H,28,32). The van der Waals surface area contributed by atoms with Crippen LogP contribution in [0.25, 0.3) is 5.69 Å². The zero-order valence-corrected chi connectivity index (χ0v) is 20.7. The third-order valence-electron chi connectivity index (χ3n) is 6.11. The maximum absolute atomic E-state index is 14.0. The van der Waals surface area contributed by atoms with Gasteiger partial charge in [0.2, 0.25) is 5.16 Å². The predicted molar refractivity (Wildman–Crippen MR) is 128 cm³/mol. The molecule has 0 amide bonds. The fourth-order valence-electron chi connectivity index (χ4n) is 4.19. The predicted octanol–water partition coefficient (Wildman–Crippen LogP) is 6.67. The number of nitro benzene ring substituents is 1. The van der Waals surface area contributed by atoms with E-state index < -0.39 is 22.4 Å². The van der Waals surface area contributed by atoms with E-state index in [0.717, 1.165) is 40.8 Å². The number of benzene rings is 2. The van der Waals surface area contributed by atoms with Crippen molar-refractivity contribution in [3.8, 4) is 5.69 Å². The Bertz CT molecular complexity index is 1280. The zero-order valence-electron chi connectivity index (χ0n) is 19.9. The molecule has 0 atom stereocenters.